The summed E-state index contributed by atoms with van der Waals surface area (Å²) in [6.07, 6.45) is 3.90. The molecule has 0 aromatic heterocycles. The van der Waals surface area contributed by atoms with Crippen LogP contribution in [0.3, 0.4) is 0 Å². The molecule has 1 heterocycles. The van der Waals surface area contributed by atoms with E-state index in [2.05, 4.69) is 10.6 Å². The summed E-state index contributed by atoms with van der Waals surface area (Å²) in [6, 6.07) is 13.4. The van der Waals surface area contributed by atoms with Crippen molar-refractivity contribution >= 4 is 5.91 Å². The first kappa shape index (κ1) is 18.4. The molecule has 1 amide bonds. The summed E-state index contributed by atoms with van der Waals surface area (Å²) in [5.74, 6) is 1.76. The van der Waals surface area contributed by atoms with Crippen LogP contribution in [-0.4, -0.2) is 19.0 Å². The predicted molar refractivity (Wildman–Crippen MR) is 99.6 cm³/mol. The first-order valence-corrected chi connectivity index (χ1v) is 9.19. The molecule has 1 aliphatic heterocycles. The highest BCUT2D eigenvalue weighted by molar-refractivity contribution is 5.75. The van der Waals surface area contributed by atoms with Crippen molar-refractivity contribution in [2.75, 3.05) is 13.1 Å². The van der Waals surface area contributed by atoms with Gasteiger partial charge in [-0.25, -0.2) is 4.39 Å². The average Bonchev–Trinajstić information content (AvgIpc) is 2.68. The summed E-state index contributed by atoms with van der Waals surface area (Å²) in [7, 11) is 0. The molecule has 0 unspecified atom stereocenters. The van der Waals surface area contributed by atoms with Crippen molar-refractivity contribution in [3.05, 3.63) is 59.9 Å². The van der Waals surface area contributed by atoms with E-state index in [1.807, 2.05) is 24.3 Å². The van der Waals surface area contributed by atoms with E-state index in [-0.39, 0.29) is 11.7 Å². The Hall–Kier alpha value is -2.40. The van der Waals surface area contributed by atoms with Gasteiger partial charge in [-0.15, -0.1) is 0 Å². The summed E-state index contributed by atoms with van der Waals surface area (Å²) in [5.41, 5.74) is 1.02. The Bertz CT molecular complexity index is 695. The molecule has 5 heteroatoms. The molecular formula is C21H25FN2O2. The lowest BCUT2D eigenvalue weighted by atomic mass is 9.93. The average molecular weight is 356 g/mol. The van der Waals surface area contributed by atoms with Gasteiger partial charge in [0.15, 0.2) is 0 Å². The molecule has 1 aliphatic rings. The molecule has 138 valence electrons. The number of benzene rings is 2. The molecule has 0 aliphatic carbocycles. The third-order valence-corrected chi connectivity index (χ3v) is 4.70. The van der Waals surface area contributed by atoms with E-state index in [0.29, 0.717) is 30.4 Å². The molecule has 1 saturated heterocycles. The van der Waals surface area contributed by atoms with E-state index in [1.165, 1.54) is 25.0 Å². The topological polar surface area (TPSA) is 50.4 Å². The first-order chi connectivity index (χ1) is 12.7. The maximum Gasteiger partial charge on any atom is 0.220 e. The van der Waals surface area contributed by atoms with Gasteiger partial charge < -0.3 is 15.4 Å². The van der Waals surface area contributed by atoms with Gasteiger partial charge >= 0.3 is 0 Å². The normalized spacial score (nSPS) is 14.8. The highest BCUT2D eigenvalue weighted by Crippen LogP contribution is 2.22. The molecule has 0 spiro atoms. The number of hydrogen-bond acceptors (Lipinski definition) is 3. The van der Waals surface area contributed by atoms with Crippen LogP contribution in [0.15, 0.2) is 48.5 Å². The zero-order valence-corrected chi connectivity index (χ0v) is 14.8. The largest absolute Gasteiger partial charge is 0.457 e. The highest BCUT2D eigenvalue weighted by atomic mass is 19.1. The molecular weight excluding hydrogens is 331 g/mol. The lowest BCUT2D eigenvalue weighted by Gasteiger charge is -2.22. The van der Waals surface area contributed by atoms with Gasteiger partial charge in [0.05, 0.1) is 0 Å². The first-order valence-electron chi connectivity index (χ1n) is 9.19. The van der Waals surface area contributed by atoms with Gasteiger partial charge in [0.2, 0.25) is 5.91 Å². The maximum absolute atomic E-state index is 12.9. The zero-order chi connectivity index (χ0) is 18.2. The summed E-state index contributed by atoms with van der Waals surface area (Å²) in [4.78, 5) is 12.0. The van der Waals surface area contributed by atoms with Crippen LogP contribution >= 0.6 is 0 Å². The maximum atomic E-state index is 12.9. The third-order valence-electron chi connectivity index (χ3n) is 4.70. The van der Waals surface area contributed by atoms with Crippen LogP contribution in [0.5, 0.6) is 11.5 Å². The minimum absolute atomic E-state index is 0.107. The Morgan fingerprint density at radius 3 is 2.31 bits per heavy atom. The second-order valence-electron chi connectivity index (χ2n) is 6.71. The highest BCUT2D eigenvalue weighted by Gasteiger charge is 2.14. The van der Waals surface area contributed by atoms with E-state index in [9.17, 15) is 9.18 Å². The lowest BCUT2D eigenvalue weighted by molar-refractivity contribution is -0.121. The van der Waals surface area contributed by atoms with Crippen LogP contribution in [0.2, 0.25) is 0 Å². The van der Waals surface area contributed by atoms with Crippen LogP contribution in [0.25, 0.3) is 0 Å². The van der Waals surface area contributed by atoms with Gasteiger partial charge in [0, 0.05) is 13.0 Å². The standard InChI is InChI=1S/C21H25FN2O2/c22-18-4-8-20(9-5-18)26-19-6-1-17(2-7-19)15-24-21(25)10-3-16-11-13-23-14-12-16/h1-2,4-9,16,23H,3,10-15H2,(H,24,25). The van der Waals surface area contributed by atoms with Gasteiger partial charge in [-0.05, 0) is 80.2 Å². The van der Waals surface area contributed by atoms with Crippen molar-refractivity contribution in [1.82, 2.24) is 10.6 Å². The number of piperidine rings is 1. The van der Waals surface area contributed by atoms with E-state index in [1.54, 1.807) is 12.1 Å². The molecule has 0 radical (unpaired) electrons. The van der Waals surface area contributed by atoms with Crippen LogP contribution in [0.4, 0.5) is 4.39 Å². The fourth-order valence-corrected chi connectivity index (χ4v) is 3.11. The number of carbonyl (C=O) groups is 1. The smallest absolute Gasteiger partial charge is 0.220 e. The van der Waals surface area contributed by atoms with Crippen LogP contribution in [0.1, 0.15) is 31.2 Å². The molecule has 0 saturated carbocycles. The number of rotatable bonds is 7. The summed E-state index contributed by atoms with van der Waals surface area (Å²) in [5, 5.41) is 6.32. The van der Waals surface area contributed by atoms with E-state index < -0.39 is 0 Å². The number of halogens is 1. The third kappa shape index (κ3) is 5.85. The quantitative estimate of drug-likeness (QED) is 0.788. The monoisotopic (exact) mass is 356 g/mol. The summed E-state index contributed by atoms with van der Waals surface area (Å²) >= 11 is 0. The number of nitrogens with one attached hydrogen (secondary N) is 2. The van der Waals surface area contributed by atoms with Crippen LogP contribution < -0.4 is 15.4 Å². The Morgan fingerprint density at radius 2 is 1.65 bits per heavy atom. The zero-order valence-electron chi connectivity index (χ0n) is 14.8. The molecule has 2 N–H and O–H groups in total. The van der Waals surface area contributed by atoms with Gasteiger partial charge in [-0.1, -0.05) is 12.1 Å². The van der Waals surface area contributed by atoms with E-state index >= 15 is 0 Å². The van der Waals surface area contributed by atoms with Crippen molar-refractivity contribution in [2.45, 2.75) is 32.2 Å². The molecule has 0 atom stereocenters. The molecule has 0 bridgehead atoms. The van der Waals surface area contributed by atoms with Crippen molar-refractivity contribution in [3.8, 4) is 11.5 Å². The van der Waals surface area contributed by atoms with Gasteiger partial charge in [0.1, 0.15) is 17.3 Å². The number of ether oxygens (including phenoxy) is 1. The SMILES string of the molecule is O=C(CCC1CCNCC1)NCc1ccc(Oc2ccc(F)cc2)cc1. The number of carbonyl (C=O) groups excluding carboxylic acids is 1. The lowest BCUT2D eigenvalue weighted by Crippen LogP contribution is -2.29. The van der Waals surface area contributed by atoms with Crippen molar-refractivity contribution < 1.29 is 13.9 Å². The Morgan fingerprint density at radius 1 is 1.04 bits per heavy atom. The summed E-state index contributed by atoms with van der Waals surface area (Å²) in [6.45, 7) is 2.65. The van der Waals surface area contributed by atoms with Crippen molar-refractivity contribution in [2.24, 2.45) is 5.92 Å². The second kappa shape index (κ2) is 9.34. The fourth-order valence-electron chi connectivity index (χ4n) is 3.11. The number of hydrogen-bond donors (Lipinski definition) is 2. The molecule has 2 aromatic rings. The van der Waals surface area contributed by atoms with Crippen LogP contribution in [0, 0.1) is 11.7 Å². The Balaban J connectivity index is 1.40. The minimum atomic E-state index is -0.288. The molecule has 3 rings (SSSR count). The van der Waals surface area contributed by atoms with Crippen LogP contribution in [-0.2, 0) is 11.3 Å². The fraction of sp³-hybridized carbons (Fsp3) is 0.381. The molecule has 4 nitrogen and oxygen atoms in total. The van der Waals surface area contributed by atoms with E-state index in [0.717, 1.165) is 25.1 Å². The minimum Gasteiger partial charge on any atom is -0.457 e. The summed E-state index contributed by atoms with van der Waals surface area (Å²) < 4.78 is 18.6. The molecule has 26 heavy (non-hydrogen) atoms. The van der Waals surface area contributed by atoms with Gasteiger partial charge in [-0.2, -0.15) is 0 Å². The second-order valence-corrected chi connectivity index (χ2v) is 6.71. The van der Waals surface area contributed by atoms with Crippen molar-refractivity contribution in [3.63, 3.8) is 0 Å². The van der Waals surface area contributed by atoms with Gasteiger partial charge in [-0.3, -0.25) is 4.79 Å². The molecule has 1 fully saturated rings. The Labute approximate surface area is 153 Å². The predicted octanol–water partition coefficient (Wildman–Crippen LogP) is 4.01. The number of amides is 1. The van der Waals surface area contributed by atoms with Crippen molar-refractivity contribution in [1.29, 1.82) is 0 Å². The van der Waals surface area contributed by atoms with Gasteiger partial charge in [0.25, 0.3) is 0 Å². The Kier molecular flexibility index (Phi) is 6.61. The molecule has 2 aromatic carbocycles. The van der Waals surface area contributed by atoms with E-state index in [4.69, 9.17) is 4.74 Å².